The first kappa shape index (κ1) is 28.1. The predicted molar refractivity (Wildman–Crippen MR) is 131 cm³/mol. The van der Waals surface area contributed by atoms with Crippen LogP contribution >= 0.6 is 0 Å². The highest BCUT2D eigenvalue weighted by Gasteiger charge is 2.38. The van der Waals surface area contributed by atoms with Crippen LogP contribution in [0.2, 0.25) is 0 Å². The van der Waals surface area contributed by atoms with Gasteiger partial charge in [0.2, 0.25) is 12.7 Å². The average Bonchev–Trinajstić information content (AvgIpc) is 3.30. The Labute approximate surface area is 215 Å². The van der Waals surface area contributed by atoms with Gasteiger partial charge in [0.1, 0.15) is 11.3 Å². The van der Waals surface area contributed by atoms with Crippen molar-refractivity contribution < 1.29 is 33.5 Å². The second-order valence-corrected chi connectivity index (χ2v) is 9.01. The number of rotatable bonds is 12. The lowest BCUT2D eigenvalue weighted by Crippen LogP contribution is -2.53. The molecule has 13 nitrogen and oxygen atoms in total. The number of aromatic nitrogens is 4. The highest BCUT2D eigenvalue weighted by Crippen LogP contribution is 2.30. The van der Waals surface area contributed by atoms with Crippen molar-refractivity contribution in [1.29, 1.82) is 0 Å². The Morgan fingerprint density at radius 1 is 1.27 bits per heavy atom. The fourth-order valence-corrected chi connectivity index (χ4v) is 3.89. The number of esters is 2. The van der Waals surface area contributed by atoms with Crippen LogP contribution in [-0.2, 0) is 38.4 Å². The number of para-hydroxylation sites is 1. The molecule has 0 unspecified atom stereocenters. The quantitative estimate of drug-likeness (QED) is 0.222. The zero-order valence-corrected chi connectivity index (χ0v) is 21.5. The predicted octanol–water partition coefficient (Wildman–Crippen LogP) is 0.0105. The summed E-state index contributed by atoms with van der Waals surface area (Å²) >= 11 is 0. The molecule has 2 N–H and O–H groups in total. The van der Waals surface area contributed by atoms with Crippen LogP contribution in [0.4, 0.5) is 0 Å². The van der Waals surface area contributed by atoms with Gasteiger partial charge < -0.3 is 29.4 Å². The Bertz CT molecular complexity index is 1090. The molecule has 2 heterocycles. The monoisotopic (exact) mass is 516 g/mol. The van der Waals surface area contributed by atoms with E-state index in [1.165, 1.54) is 6.07 Å². The molecule has 0 saturated heterocycles. The van der Waals surface area contributed by atoms with Gasteiger partial charge in [-0.05, 0) is 55.4 Å². The van der Waals surface area contributed by atoms with Crippen molar-refractivity contribution in [3.8, 4) is 5.75 Å². The minimum Gasteiger partial charge on any atom is -0.534 e. The van der Waals surface area contributed by atoms with Crippen molar-refractivity contribution in [3.05, 3.63) is 35.2 Å². The van der Waals surface area contributed by atoms with E-state index in [4.69, 9.17) is 14.1 Å². The maximum atomic E-state index is 12.7. The number of carbonyl (C=O) groups excluding carboxylic acids is 3. The molecule has 1 aromatic carbocycles. The standard InChI is InChI=1S/C23H33BN6O7/c1-5-15(6-2)22(32)35-14-36-23(33)17-9-7-8-16-12-18(24(34)37-21(16)17)25-20(31)13-19-26-27-28-30(19)11-10-29(3)4/h7-9,15,18,34H,5-6,10-14H2,1-4H3,(H,25,31)/t18-/m0/s1. The summed E-state index contributed by atoms with van der Waals surface area (Å²) in [5.41, 5.74) is 0.690. The summed E-state index contributed by atoms with van der Waals surface area (Å²) in [6.07, 6.45) is 1.41. The fourth-order valence-electron chi connectivity index (χ4n) is 3.89. The zero-order valence-electron chi connectivity index (χ0n) is 21.5. The average molecular weight is 516 g/mol. The third kappa shape index (κ3) is 7.49. The molecule has 0 saturated carbocycles. The SMILES string of the molecule is CCC(CC)C(=O)OCOC(=O)c1cccc2c1OB(O)[C@@H](NC(=O)Cc1nnnn1CCN(C)C)C2. The van der Waals surface area contributed by atoms with Crippen LogP contribution in [0.15, 0.2) is 18.2 Å². The molecule has 0 fully saturated rings. The number of nitrogens with zero attached hydrogens (tertiary/aromatic N) is 5. The molecule has 2 aromatic rings. The van der Waals surface area contributed by atoms with Crippen LogP contribution in [-0.4, -0.2) is 88.5 Å². The summed E-state index contributed by atoms with van der Waals surface area (Å²) in [6.45, 7) is 4.47. The van der Waals surface area contributed by atoms with E-state index in [-0.39, 0.29) is 36.0 Å². The van der Waals surface area contributed by atoms with Crippen LogP contribution in [0.3, 0.4) is 0 Å². The molecule has 0 bridgehead atoms. The summed E-state index contributed by atoms with van der Waals surface area (Å²) in [6, 6.07) is 4.86. The zero-order chi connectivity index (χ0) is 26.9. The Kier molecular flexibility index (Phi) is 9.97. The number of fused-ring (bicyclic) bond motifs is 1. The Morgan fingerprint density at radius 2 is 2.03 bits per heavy atom. The molecule has 0 aliphatic carbocycles. The van der Waals surface area contributed by atoms with Gasteiger partial charge in [0.15, 0.2) is 5.82 Å². The van der Waals surface area contributed by atoms with E-state index in [1.54, 1.807) is 16.8 Å². The van der Waals surface area contributed by atoms with Crippen molar-refractivity contribution in [1.82, 2.24) is 30.4 Å². The van der Waals surface area contributed by atoms with Gasteiger partial charge in [-0.3, -0.25) is 9.59 Å². The number of amides is 1. The highest BCUT2D eigenvalue weighted by molar-refractivity contribution is 6.47. The summed E-state index contributed by atoms with van der Waals surface area (Å²) in [5, 5.41) is 24.8. The molecule has 1 atom stereocenters. The molecule has 0 spiro atoms. The van der Waals surface area contributed by atoms with Crippen molar-refractivity contribution >= 4 is 25.0 Å². The third-order valence-corrected chi connectivity index (χ3v) is 6.08. The lowest BCUT2D eigenvalue weighted by atomic mass is 9.72. The third-order valence-electron chi connectivity index (χ3n) is 6.08. The molecule has 1 aliphatic heterocycles. The minimum absolute atomic E-state index is 0.0709. The first-order valence-electron chi connectivity index (χ1n) is 12.2. The minimum atomic E-state index is -1.40. The van der Waals surface area contributed by atoms with Gasteiger partial charge in [0, 0.05) is 6.54 Å². The van der Waals surface area contributed by atoms with Gasteiger partial charge >= 0.3 is 19.1 Å². The number of tetrazole rings is 1. The normalized spacial score (nSPS) is 14.8. The number of nitrogens with one attached hydrogen (secondary N) is 1. The molecule has 1 aromatic heterocycles. The van der Waals surface area contributed by atoms with Gasteiger partial charge in [-0.25, -0.2) is 9.48 Å². The summed E-state index contributed by atoms with van der Waals surface area (Å²) in [7, 11) is 2.45. The van der Waals surface area contributed by atoms with Crippen LogP contribution < -0.4 is 9.97 Å². The Morgan fingerprint density at radius 3 is 2.73 bits per heavy atom. The fraction of sp³-hybridized carbons (Fsp3) is 0.565. The van der Waals surface area contributed by atoms with Crippen LogP contribution in [0.25, 0.3) is 0 Å². The second-order valence-electron chi connectivity index (χ2n) is 9.01. The number of likely N-dealkylation sites (N-methyl/N-ethyl adjacent to an activating group) is 1. The van der Waals surface area contributed by atoms with E-state index >= 15 is 0 Å². The molecular formula is C23H33BN6O7. The summed E-state index contributed by atoms with van der Waals surface area (Å²) in [5.74, 6) is -2.01. The number of hydrogen-bond donors (Lipinski definition) is 2. The summed E-state index contributed by atoms with van der Waals surface area (Å²) in [4.78, 5) is 39.2. The summed E-state index contributed by atoms with van der Waals surface area (Å²) < 4.78 is 17.3. The van der Waals surface area contributed by atoms with Gasteiger partial charge in [-0.2, -0.15) is 0 Å². The molecular weight excluding hydrogens is 483 g/mol. The molecule has 1 amide bonds. The molecule has 1 aliphatic rings. The van der Waals surface area contributed by atoms with Gasteiger partial charge in [0.05, 0.1) is 24.8 Å². The van der Waals surface area contributed by atoms with E-state index in [0.29, 0.717) is 37.3 Å². The smallest absolute Gasteiger partial charge is 0.534 e. The number of hydrogen-bond acceptors (Lipinski definition) is 11. The Balaban J connectivity index is 1.58. The van der Waals surface area contributed by atoms with Gasteiger partial charge in [0.25, 0.3) is 0 Å². The molecule has 37 heavy (non-hydrogen) atoms. The van der Waals surface area contributed by atoms with Crippen LogP contribution in [0.1, 0.15) is 48.4 Å². The van der Waals surface area contributed by atoms with E-state index in [9.17, 15) is 19.4 Å². The highest BCUT2D eigenvalue weighted by atomic mass is 16.7. The maximum absolute atomic E-state index is 12.7. The molecule has 3 rings (SSSR count). The van der Waals surface area contributed by atoms with Gasteiger partial charge in [-0.15, -0.1) is 5.10 Å². The number of benzene rings is 1. The van der Waals surface area contributed by atoms with Crippen LogP contribution in [0, 0.1) is 5.92 Å². The maximum Gasteiger partial charge on any atom is 0.547 e. The lowest BCUT2D eigenvalue weighted by Gasteiger charge is -2.29. The second kappa shape index (κ2) is 13.2. The largest absolute Gasteiger partial charge is 0.547 e. The van der Waals surface area contributed by atoms with E-state index < -0.39 is 31.8 Å². The van der Waals surface area contributed by atoms with Gasteiger partial charge in [-0.1, -0.05) is 26.0 Å². The number of ether oxygens (including phenoxy) is 2. The first-order chi connectivity index (χ1) is 17.7. The number of carbonyl (C=O) groups is 3. The van der Waals surface area contributed by atoms with Crippen molar-refractivity contribution in [2.24, 2.45) is 5.92 Å². The van der Waals surface area contributed by atoms with Crippen molar-refractivity contribution in [3.63, 3.8) is 0 Å². The lowest BCUT2D eigenvalue weighted by molar-refractivity contribution is -0.157. The topological polar surface area (TPSA) is 158 Å². The van der Waals surface area contributed by atoms with Crippen LogP contribution in [0.5, 0.6) is 5.75 Å². The molecule has 14 heteroatoms. The van der Waals surface area contributed by atoms with Crippen molar-refractivity contribution in [2.45, 2.75) is 52.0 Å². The molecule has 0 radical (unpaired) electrons. The van der Waals surface area contributed by atoms with Crippen molar-refractivity contribution in [2.75, 3.05) is 27.4 Å². The first-order valence-corrected chi connectivity index (χ1v) is 12.2. The Hall–Kier alpha value is -3.52. The van der Waals surface area contributed by atoms with E-state index in [1.807, 2.05) is 32.8 Å². The molecule has 200 valence electrons. The van der Waals surface area contributed by atoms with E-state index in [0.717, 1.165) is 0 Å². The van der Waals surface area contributed by atoms with E-state index in [2.05, 4.69) is 20.8 Å².